The summed E-state index contributed by atoms with van der Waals surface area (Å²) >= 11 is 0. The van der Waals surface area contributed by atoms with Crippen LogP contribution in [-0.2, 0) is 6.54 Å². The van der Waals surface area contributed by atoms with Gasteiger partial charge in [-0.15, -0.1) is 0 Å². The van der Waals surface area contributed by atoms with E-state index >= 15 is 0 Å². The van der Waals surface area contributed by atoms with Gasteiger partial charge in [-0.2, -0.15) is 0 Å². The molecule has 2 aliphatic rings. The maximum Gasteiger partial charge on any atom is 0.128 e. The zero-order valence-corrected chi connectivity index (χ0v) is 11.8. The van der Waals surface area contributed by atoms with E-state index in [4.69, 9.17) is 0 Å². The van der Waals surface area contributed by atoms with E-state index in [0.717, 1.165) is 31.4 Å². The first-order valence-electron chi connectivity index (χ1n) is 7.42. The highest BCUT2D eigenvalue weighted by Crippen LogP contribution is 2.30. The second-order valence-corrected chi connectivity index (χ2v) is 5.78. The third-order valence-electron chi connectivity index (χ3n) is 4.10. The van der Waals surface area contributed by atoms with Crippen LogP contribution in [-0.4, -0.2) is 49.7 Å². The molecule has 1 saturated carbocycles. The van der Waals surface area contributed by atoms with Gasteiger partial charge in [-0.3, -0.25) is 4.90 Å². The van der Waals surface area contributed by atoms with Crippen LogP contribution in [0.15, 0.2) is 18.3 Å². The van der Waals surface area contributed by atoms with Crippen molar-refractivity contribution in [2.45, 2.75) is 19.4 Å². The van der Waals surface area contributed by atoms with Gasteiger partial charge in [0.15, 0.2) is 0 Å². The fraction of sp³-hybridized carbons (Fsp3) is 0.667. The van der Waals surface area contributed by atoms with Crippen molar-refractivity contribution in [1.82, 2.24) is 15.2 Å². The van der Waals surface area contributed by atoms with E-state index in [-0.39, 0.29) is 0 Å². The average molecular weight is 260 g/mol. The van der Waals surface area contributed by atoms with Crippen LogP contribution < -0.4 is 10.2 Å². The SMILES string of the molecule is CNCc1ccnc(N2CCN(CC3CC3)CC2)c1. The number of rotatable bonds is 5. The van der Waals surface area contributed by atoms with Crippen molar-refractivity contribution in [3.63, 3.8) is 0 Å². The third-order valence-corrected chi connectivity index (χ3v) is 4.10. The maximum absolute atomic E-state index is 4.52. The number of piperazine rings is 1. The van der Waals surface area contributed by atoms with Crippen molar-refractivity contribution < 1.29 is 0 Å². The topological polar surface area (TPSA) is 31.4 Å². The Morgan fingerprint density at radius 3 is 2.74 bits per heavy atom. The Bertz CT molecular complexity index is 408. The Kier molecular flexibility index (Phi) is 3.99. The lowest BCUT2D eigenvalue weighted by molar-refractivity contribution is 0.247. The summed E-state index contributed by atoms with van der Waals surface area (Å²) in [6.45, 7) is 6.84. The predicted molar refractivity (Wildman–Crippen MR) is 78.4 cm³/mol. The number of aromatic nitrogens is 1. The summed E-state index contributed by atoms with van der Waals surface area (Å²) in [5.74, 6) is 2.14. The monoisotopic (exact) mass is 260 g/mol. The van der Waals surface area contributed by atoms with Crippen LogP contribution in [0.3, 0.4) is 0 Å². The number of hydrogen-bond donors (Lipinski definition) is 1. The Morgan fingerprint density at radius 1 is 1.26 bits per heavy atom. The molecular formula is C15H24N4. The zero-order chi connectivity index (χ0) is 13.1. The Balaban J connectivity index is 1.56. The molecule has 0 atom stereocenters. The molecule has 3 rings (SSSR count). The van der Waals surface area contributed by atoms with E-state index in [0.29, 0.717) is 0 Å². The Hall–Kier alpha value is -1.13. The number of pyridine rings is 1. The molecule has 19 heavy (non-hydrogen) atoms. The van der Waals surface area contributed by atoms with E-state index in [1.165, 1.54) is 38.0 Å². The molecule has 0 radical (unpaired) electrons. The number of nitrogens with zero attached hydrogens (tertiary/aromatic N) is 3. The van der Waals surface area contributed by atoms with Crippen molar-refractivity contribution in [3.05, 3.63) is 23.9 Å². The molecular weight excluding hydrogens is 236 g/mol. The quantitative estimate of drug-likeness (QED) is 0.865. The molecule has 0 bridgehead atoms. The number of anilines is 1. The van der Waals surface area contributed by atoms with Gasteiger partial charge in [-0.05, 0) is 43.5 Å². The molecule has 1 aromatic rings. The second kappa shape index (κ2) is 5.88. The second-order valence-electron chi connectivity index (χ2n) is 5.78. The van der Waals surface area contributed by atoms with Gasteiger partial charge in [0.1, 0.15) is 5.82 Å². The molecule has 4 nitrogen and oxygen atoms in total. The molecule has 2 heterocycles. The predicted octanol–water partition coefficient (Wildman–Crippen LogP) is 1.33. The number of hydrogen-bond acceptors (Lipinski definition) is 4. The van der Waals surface area contributed by atoms with Crippen molar-refractivity contribution in [1.29, 1.82) is 0 Å². The lowest BCUT2D eigenvalue weighted by Crippen LogP contribution is -2.47. The first-order chi connectivity index (χ1) is 9.35. The van der Waals surface area contributed by atoms with Crippen molar-refractivity contribution in [2.24, 2.45) is 5.92 Å². The first-order valence-corrected chi connectivity index (χ1v) is 7.42. The van der Waals surface area contributed by atoms with Gasteiger partial charge in [0.2, 0.25) is 0 Å². The summed E-state index contributed by atoms with van der Waals surface area (Å²) < 4.78 is 0. The number of nitrogens with one attached hydrogen (secondary N) is 1. The largest absolute Gasteiger partial charge is 0.354 e. The minimum Gasteiger partial charge on any atom is -0.354 e. The highest BCUT2D eigenvalue weighted by Gasteiger charge is 2.26. The normalized spacial score (nSPS) is 20.8. The average Bonchev–Trinajstić information content (AvgIpc) is 3.24. The van der Waals surface area contributed by atoms with Gasteiger partial charge in [-0.25, -0.2) is 4.98 Å². The van der Waals surface area contributed by atoms with E-state index in [9.17, 15) is 0 Å². The van der Waals surface area contributed by atoms with Gasteiger partial charge in [0.05, 0.1) is 0 Å². The van der Waals surface area contributed by atoms with Crippen LogP contribution in [0, 0.1) is 5.92 Å². The molecule has 1 aliphatic heterocycles. The van der Waals surface area contributed by atoms with Gasteiger partial charge < -0.3 is 10.2 Å². The van der Waals surface area contributed by atoms with Crippen molar-refractivity contribution in [2.75, 3.05) is 44.7 Å². The van der Waals surface area contributed by atoms with Crippen LogP contribution in [0.1, 0.15) is 18.4 Å². The van der Waals surface area contributed by atoms with Crippen LogP contribution >= 0.6 is 0 Å². The lowest BCUT2D eigenvalue weighted by Gasteiger charge is -2.35. The van der Waals surface area contributed by atoms with Crippen LogP contribution in [0.5, 0.6) is 0 Å². The van der Waals surface area contributed by atoms with E-state index in [1.807, 2.05) is 13.2 Å². The molecule has 1 aliphatic carbocycles. The molecule has 1 aromatic heterocycles. The summed E-state index contributed by atoms with van der Waals surface area (Å²) in [4.78, 5) is 9.56. The molecule has 4 heteroatoms. The van der Waals surface area contributed by atoms with E-state index in [1.54, 1.807) is 0 Å². The fourth-order valence-corrected chi connectivity index (χ4v) is 2.77. The minimum atomic E-state index is 0.914. The Morgan fingerprint density at radius 2 is 2.05 bits per heavy atom. The summed E-state index contributed by atoms with van der Waals surface area (Å²) in [6, 6.07) is 4.30. The highest BCUT2D eigenvalue weighted by atomic mass is 15.3. The van der Waals surface area contributed by atoms with Gasteiger partial charge in [-0.1, -0.05) is 0 Å². The molecule has 104 valence electrons. The van der Waals surface area contributed by atoms with Gasteiger partial charge in [0, 0.05) is 45.5 Å². The fourth-order valence-electron chi connectivity index (χ4n) is 2.77. The standard InChI is InChI=1S/C15H24N4/c1-16-11-14-4-5-17-15(10-14)19-8-6-18(7-9-19)12-13-2-3-13/h4-5,10,13,16H,2-3,6-9,11-12H2,1H3. The van der Waals surface area contributed by atoms with Crippen LogP contribution in [0.4, 0.5) is 5.82 Å². The van der Waals surface area contributed by atoms with Crippen molar-refractivity contribution >= 4 is 5.82 Å². The smallest absolute Gasteiger partial charge is 0.128 e. The van der Waals surface area contributed by atoms with Crippen LogP contribution in [0.2, 0.25) is 0 Å². The molecule has 2 fully saturated rings. The Labute approximate surface area is 115 Å². The highest BCUT2D eigenvalue weighted by molar-refractivity contribution is 5.41. The van der Waals surface area contributed by atoms with E-state index < -0.39 is 0 Å². The third kappa shape index (κ3) is 3.45. The lowest BCUT2D eigenvalue weighted by atomic mass is 10.2. The summed E-state index contributed by atoms with van der Waals surface area (Å²) in [5.41, 5.74) is 1.31. The van der Waals surface area contributed by atoms with E-state index in [2.05, 4.69) is 32.2 Å². The minimum absolute atomic E-state index is 0.914. The summed E-state index contributed by atoms with van der Waals surface area (Å²) in [7, 11) is 1.98. The molecule has 0 spiro atoms. The maximum atomic E-state index is 4.52. The molecule has 0 aromatic carbocycles. The zero-order valence-electron chi connectivity index (χ0n) is 11.8. The molecule has 0 unspecified atom stereocenters. The van der Waals surface area contributed by atoms with Crippen LogP contribution in [0.25, 0.3) is 0 Å². The molecule has 0 amide bonds. The molecule has 1 N–H and O–H groups in total. The summed E-state index contributed by atoms with van der Waals surface area (Å²) in [5, 5.41) is 3.20. The molecule has 1 saturated heterocycles. The first kappa shape index (κ1) is 12.9. The summed E-state index contributed by atoms with van der Waals surface area (Å²) in [6.07, 6.45) is 4.83. The van der Waals surface area contributed by atoms with Gasteiger partial charge in [0.25, 0.3) is 0 Å². The van der Waals surface area contributed by atoms with Crippen molar-refractivity contribution in [3.8, 4) is 0 Å². The van der Waals surface area contributed by atoms with Gasteiger partial charge >= 0.3 is 0 Å².